The molecule has 0 aromatic heterocycles. The first-order valence-corrected chi connectivity index (χ1v) is 7.00. The Hall–Kier alpha value is -2.08. The highest BCUT2D eigenvalue weighted by Crippen LogP contribution is 2.18. The van der Waals surface area contributed by atoms with Crippen molar-refractivity contribution in [2.45, 2.75) is 26.0 Å². The minimum atomic E-state index is -0.524. The smallest absolute Gasteiger partial charge is 0.344 e. The first kappa shape index (κ1) is 15.3. The number of carbonyl (C=O) groups is 2. The number of hydroxylamine groups is 2. The molecule has 2 rings (SSSR count). The predicted molar refractivity (Wildman–Crippen MR) is 76.1 cm³/mol. The molecule has 0 bridgehead atoms. The van der Waals surface area contributed by atoms with Gasteiger partial charge in [0, 0.05) is 6.54 Å². The van der Waals surface area contributed by atoms with Gasteiger partial charge in [-0.3, -0.25) is 4.84 Å². The summed E-state index contributed by atoms with van der Waals surface area (Å²) in [6.07, 6.45) is 0.501. The summed E-state index contributed by atoms with van der Waals surface area (Å²) in [6.45, 7) is 2.97. The Morgan fingerprint density at radius 2 is 2.05 bits per heavy atom. The summed E-state index contributed by atoms with van der Waals surface area (Å²) in [5.41, 5.74) is 0.989. The van der Waals surface area contributed by atoms with E-state index < -0.39 is 6.04 Å². The van der Waals surface area contributed by atoms with E-state index in [-0.39, 0.29) is 12.0 Å². The van der Waals surface area contributed by atoms with Gasteiger partial charge in [0.25, 0.3) is 0 Å². The molecule has 1 aliphatic heterocycles. The van der Waals surface area contributed by atoms with Crippen molar-refractivity contribution in [3.63, 3.8) is 0 Å². The number of ether oxygens (including phenoxy) is 1. The van der Waals surface area contributed by atoms with E-state index in [1.54, 1.807) is 0 Å². The number of benzene rings is 1. The van der Waals surface area contributed by atoms with E-state index in [2.05, 4.69) is 0 Å². The molecule has 0 spiro atoms. The van der Waals surface area contributed by atoms with Crippen LogP contribution in [0.3, 0.4) is 0 Å². The van der Waals surface area contributed by atoms with Crippen LogP contribution in [-0.4, -0.2) is 48.2 Å². The Kier molecular flexibility index (Phi) is 5.16. The van der Waals surface area contributed by atoms with Crippen LogP contribution in [0.15, 0.2) is 30.3 Å². The number of urea groups is 1. The van der Waals surface area contributed by atoms with E-state index in [1.165, 1.54) is 17.1 Å². The summed E-state index contributed by atoms with van der Waals surface area (Å²) < 4.78 is 4.74. The van der Waals surface area contributed by atoms with Crippen molar-refractivity contribution in [2.75, 3.05) is 20.2 Å². The van der Waals surface area contributed by atoms with Gasteiger partial charge in [-0.2, -0.15) is 0 Å². The van der Waals surface area contributed by atoms with Crippen molar-refractivity contribution >= 4 is 12.0 Å². The van der Waals surface area contributed by atoms with Gasteiger partial charge < -0.3 is 9.64 Å². The first-order valence-electron chi connectivity index (χ1n) is 7.00. The van der Waals surface area contributed by atoms with E-state index in [0.29, 0.717) is 26.1 Å². The average Bonchev–Trinajstić information content (AvgIpc) is 2.53. The van der Waals surface area contributed by atoms with E-state index in [9.17, 15) is 9.59 Å². The zero-order valence-corrected chi connectivity index (χ0v) is 12.3. The molecule has 1 aliphatic rings. The number of esters is 1. The Labute approximate surface area is 124 Å². The molecule has 1 fully saturated rings. The van der Waals surface area contributed by atoms with Gasteiger partial charge in [0.05, 0.1) is 13.7 Å². The fourth-order valence-electron chi connectivity index (χ4n) is 2.35. The van der Waals surface area contributed by atoms with Crippen LogP contribution in [0.1, 0.15) is 18.9 Å². The zero-order valence-electron chi connectivity index (χ0n) is 12.3. The molecule has 0 aliphatic carbocycles. The van der Waals surface area contributed by atoms with Crippen molar-refractivity contribution < 1.29 is 19.2 Å². The largest absolute Gasteiger partial charge is 0.467 e. The number of methoxy groups -OCH3 is 1. The van der Waals surface area contributed by atoms with Crippen LogP contribution in [0.25, 0.3) is 0 Å². The average molecular weight is 292 g/mol. The molecule has 0 unspecified atom stereocenters. The lowest BCUT2D eigenvalue weighted by molar-refractivity contribution is -0.165. The van der Waals surface area contributed by atoms with Crippen molar-refractivity contribution in [3.05, 3.63) is 35.9 Å². The van der Waals surface area contributed by atoms with E-state index in [4.69, 9.17) is 9.57 Å². The second kappa shape index (κ2) is 7.08. The number of likely N-dealkylation sites (N-methyl/N-ethyl adjacent to an activating group) is 1. The maximum Gasteiger partial charge on any atom is 0.344 e. The third-order valence-electron chi connectivity index (χ3n) is 3.48. The molecule has 0 N–H and O–H groups in total. The second-order valence-electron chi connectivity index (χ2n) is 4.76. The molecule has 6 nitrogen and oxygen atoms in total. The number of hydrogen-bond donors (Lipinski definition) is 0. The molecule has 0 saturated carbocycles. The summed E-state index contributed by atoms with van der Waals surface area (Å²) in [4.78, 5) is 31.1. The Morgan fingerprint density at radius 3 is 2.67 bits per heavy atom. The number of nitrogens with zero attached hydrogens (tertiary/aromatic N) is 2. The molecule has 1 heterocycles. The summed E-state index contributed by atoms with van der Waals surface area (Å²) in [6, 6.07) is 8.81. The summed E-state index contributed by atoms with van der Waals surface area (Å²) in [7, 11) is 1.33. The Bertz CT molecular complexity index is 492. The van der Waals surface area contributed by atoms with E-state index >= 15 is 0 Å². The highest BCUT2D eigenvalue weighted by Gasteiger charge is 2.37. The van der Waals surface area contributed by atoms with Gasteiger partial charge in [-0.15, -0.1) is 0 Å². The van der Waals surface area contributed by atoms with Crippen LogP contribution in [0.2, 0.25) is 0 Å². The number of carbonyl (C=O) groups excluding carboxylic acids is 2. The molecule has 114 valence electrons. The van der Waals surface area contributed by atoms with Crippen LogP contribution in [-0.2, 0) is 21.0 Å². The van der Waals surface area contributed by atoms with E-state index in [0.717, 1.165) is 5.56 Å². The molecule has 1 aromatic rings. The van der Waals surface area contributed by atoms with Crippen LogP contribution in [0, 0.1) is 0 Å². The summed E-state index contributed by atoms with van der Waals surface area (Å²) >= 11 is 0. The molecule has 21 heavy (non-hydrogen) atoms. The van der Waals surface area contributed by atoms with Crippen molar-refractivity contribution in [3.8, 4) is 0 Å². The molecule has 2 amide bonds. The maximum absolute atomic E-state index is 12.3. The second-order valence-corrected chi connectivity index (χ2v) is 4.76. The van der Waals surface area contributed by atoms with Gasteiger partial charge in [-0.05, 0) is 18.9 Å². The molecule has 1 saturated heterocycles. The standard InChI is InChI=1S/C15H20N2O4/c1-3-16-13(14(18)20-2)9-10-17(15(16)19)21-11-12-7-5-4-6-8-12/h4-8,13H,3,9-11H2,1-2H3/t13-/m0/s1. The molecule has 6 heteroatoms. The quantitative estimate of drug-likeness (QED) is 0.777. The van der Waals surface area contributed by atoms with Gasteiger partial charge in [0.2, 0.25) is 0 Å². The highest BCUT2D eigenvalue weighted by molar-refractivity contribution is 5.84. The lowest BCUT2D eigenvalue weighted by Gasteiger charge is -2.38. The Balaban J connectivity index is 1.97. The van der Waals surface area contributed by atoms with Crippen molar-refractivity contribution in [1.82, 2.24) is 9.96 Å². The SMILES string of the molecule is CCN1C(=O)N(OCc2ccccc2)CC[C@H]1C(=O)OC. The van der Waals surface area contributed by atoms with E-state index in [1.807, 2.05) is 37.3 Å². The normalized spacial score (nSPS) is 18.8. The van der Waals surface area contributed by atoms with Crippen LogP contribution in [0.4, 0.5) is 4.79 Å². The van der Waals surface area contributed by atoms with Crippen molar-refractivity contribution in [2.24, 2.45) is 0 Å². The topological polar surface area (TPSA) is 59.1 Å². The molecule has 1 atom stereocenters. The predicted octanol–water partition coefficient (Wildman–Crippen LogP) is 1.81. The van der Waals surface area contributed by atoms with Gasteiger partial charge in [-0.25, -0.2) is 14.7 Å². The van der Waals surface area contributed by atoms with Crippen molar-refractivity contribution in [1.29, 1.82) is 0 Å². The van der Waals surface area contributed by atoms with Gasteiger partial charge in [0.1, 0.15) is 12.6 Å². The number of hydrogen-bond acceptors (Lipinski definition) is 4. The van der Waals surface area contributed by atoms with Crippen LogP contribution in [0.5, 0.6) is 0 Å². The van der Waals surface area contributed by atoms with Gasteiger partial charge >= 0.3 is 12.0 Å². The third-order valence-corrected chi connectivity index (χ3v) is 3.48. The summed E-state index contributed by atoms with van der Waals surface area (Å²) in [5.74, 6) is -0.382. The number of amides is 2. The molecule has 0 radical (unpaired) electrons. The highest BCUT2D eigenvalue weighted by atomic mass is 16.7. The lowest BCUT2D eigenvalue weighted by Crippen LogP contribution is -2.56. The minimum Gasteiger partial charge on any atom is -0.467 e. The molecular formula is C15H20N2O4. The minimum absolute atomic E-state index is 0.296. The van der Waals surface area contributed by atoms with Crippen LogP contribution >= 0.6 is 0 Å². The zero-order chi connectivity index (χ0) is 15.2. The monoisotopic (exact) mass is 292 g/mol. The van der Waals surface area contributed by atoms with Gasteiger partial charge in [0.15, 0.2) is 0 Å². The maximum atomic E-state index is 12.3. The van der Waals surface area contributed by atoms with Crippen LogP contribution < -0.4 is 0 Å². The number of rotatable bonds is 5. The molecular weight excluding hydrogens is 272 g/mol. The fraction of sp³-hybridized carbons (Fsp3) is 0.467. The van der Waals surface area contributed by atoms with Gasteiger partial charge in [-0.1, -0.05) is 30.3 Å². The molecule has 1 aromatic carbocycles. The Morgan fingerprint density at radius 1 is 1.33 bits per heavy atom. The fourth-order valence-corrected chi connectivity index (χ4v) is 2.35. The lowest BCUT2D eigenvalue weighted by atomic mass is 10.1. The third kappa shape index (κ3) is 3.52. The summed E-state index contributed by atoms with van der Waals surface area (Å²) in [5, 5.41) is 1.32. The first-order chi connectivity index (χ1) is 10.2.